The van der Waals surface area contributed by atoms with Gasteiger partial charge in [0, 0.05) is 38.4 Å². The van der Waals surface area contributed by atoms with Crippen molar-refractivity contribution in [2.24, 2.45) is 0 Å². The van der Waals surface area contributed by atoms with Gasteiger partial charge in [0.15, 0.2) is 11.6 Å². The predicted octanol–water partition coefficient (Wildman–Crippen LogP) is 6.34. The number of benzene rings is 2. The zero-order chi connectivity index (χ0) is 22.5. The molecule has 4 nitrogen and oxygen atoms in total. The van der Waals surface area contributed by atoms with Crippen molar-refractivity contribution in [2.75, 3.05) is 0 Å². The van der Waals surface area contributed by atoms with Crippen molar-refractivity contribution in [2.45, 2.75) is 19.3 Å². The highest BCUT2D eigenvalue weighted by Gasteiger charge is 2.38. The molecule has 2 aromatic carbocycles. The van der Waals surface area contributed by atoms with E-state index < -0.39 is 0 Å². The van der Waals surface area contributed by atoms with Gasteiger partial charge in [-0.25, -0.2) is 4.98 Å². The molecule has 0 fully saturated rings. The van der Waals surface area contributed by atoms with E-state index in [1.165, 1.54) is 22.0 Å². The fourth-order valence-corrected chi connectivity index (χ4v) is 6.64. The van der Waals surface area contributed by atoms with Crippen molar-refractivity contribution in [3.05, 3.63) is 99.6 Å². The Morgan fingerprint density at radius 3 is 2.36 bits per heavy atom. The maximum Gasteiger partial charge on any atom is 0.197 e. The largest absolute Gasteiger partial charge is 0.288 e. The lowest BCUT2D eigenvalue weighted by Crippen LogP contribution is -2.24. The van der Waals surface area contributed by atoms with Crippen LogP contribution < -0.4 is 0 Å². The number of rotatable bonds is 1. The third kappa shape index (κ3) is 2.27. The molecule has 0 radical (unpaired) electrons. The molecule has 0 N–H and O–H groups in total. The van der Waals surface area contributed by atoms with Crippen LogP contribution >= 0.6 is 11.3 Å². The van der Waals surface area contributed by atoms with Crippen molar-refractivity contribution in [3.8, 4) is 5.00 Å². The number of hydrogen-bond donors (Lipinski definition) is 0. The summed E-state index contributed by atoms with van der Waals surface area (Å²) in [6.07, 6.45) is 3.60. The maximum absolute atomic E-state index is 12.9. The first kappa shape index (κ1) is 18.7. The first-order chi connectivity index (χ1) is 16.0. The number of thiophene rings is 1. The van der Waals surface area contributed by atoms with Crippen LogP contribution in [0.2, 0.25) is 0 Å². The number of ketones is 2. The zero-order valence-corrected chi connectivity index (χ0v) is 18.9. The molecular weight excluding hydrogens is 428 g/mol. The third-order valence-corrected chi connectivity index (χ3v) is 8.09. The minimum absolute atomic E-state index is 0.194. The van der Waals surface area contributed by atoms with Crippen molar-refractivity contribution in [3.63, 3.8) is 0 Å². The number of fused-ring (bicyclic) bond motifs is 6. The minimum Gasteiger partial charge on any atom is -0.288 e. The lowest BCUT2D eigenvalue weighted by Gasteiger charge is -2.32. The van der Waals surface area contributed by atoms with Crippen LogP contribution in [0.15, 0.2) is 72.4 Å². The second-order valence-electron chi connectivity index (χ2n) is 9.17. The summed E-state index contributed by atoms with van der Waals surface area (Å²) in [6.45, 7) is 4.47. The van der Waals surface area contributed by atoms with Crippen LogP contribution in [0.3, 0.4) is 0 Å². The lowest BCUT2D eigenvalue weighted by molar-refractivity contribution is 0.0990. The van der Waals surface area contributed by atoms with E-state index in [-0.39, 0.29) is 22.6 Å². The molecule has 2 aliphatic rings. The number of Topliss-reactive ketones (excluding diaryl/α,β-unsaturated/α-hetero) is 2. The summed E-state index contributed by atoms with van der Waals surface area (Å²) in [7, 11) is 0. The molecule has 0 amide bonds. The van der Waals surface area contributed by atoms with E-state index in [9.17, 15) is 9.59 Å². The molecule has 0 bridgehead atoms. The zero-order valence-electron chi connectivity index (χ0n) is 18.0. The van der Waals surface area contributed by atoms with Crippen molar-refractivity contribution in [1.82, 2.24) is 9.55 Å². The minimum atomic E-state index is -0.223. The standard InChI is InChI=1S/C28H18N2O2S/c1-28(2)21-11-5-9-16-19-10-6-12-29-26(19)30(23(16)21)27-22(28)14-15(33-27)13-20-24(31)17-7-3-4-8-18(17)25(20)32/h3-14H,1-2H3. The Bertz CT molecular complexity index is 1690. The van der Waals surface area contributed by atoms with Crippen LogP contribution in [0.1, 0.15) is 50.6 Å². The van der Waals surface area contributed by atoms with Crippen LogP contribution in [0.25, 0.3) is 33.0 Å². The smallest absolute Gasteiger partial charge is 0.197 e. The molecule has 5 aromatic rings. The second-order valence-corrected chi connectivity index (χ2v) is 10.2. The molecule has 0 saturated heterocycles. The molecule has 1 aliphatic heterocycles. The fraction of sp³-hybridized carbons (Fsp3) is 0.107. The van der Waals surface area contributed by atoms with E-state index >= 15 is 0 Å². The quantitative estimate of drug-likeness (QED) is 0.223. The Kier molecular flexibility index (Phi) is 3.49. The Balaban J connectivity index is 1.49. The molecule has 7 rings (SSSR count). The average Bonchev–Trinajstić information content (AvgIpc) is 3.47. The highest BCUT2D eigenvalue weighted by Crippen LogP contribution is 2.50. The van der Waals surface area contributed by atoms with Gasteiger partial charge in [-0.3, -0.25) is 14.2 Å². The summed E-state index contributed by atoms with van der Waals surface area (Å²) >= 11 is 1.61. The van der Waals surface area contributed by atoms with Gasteiger partial charge in [-0.15, -0.1) is 11.3 Å². The summed E-state index contributed by atoms with van der Waals surface area (Å²) in [5.41, 5.74) is 5.55. The molecule has 0 atom stereocenters. The summed E-state index contributed by atoms with van der Waals surface area (Å²) in [5.74, 6) is -0.389. The molecule has 4 heterocycles. The lowest BCUT2D eigenvalue weighted by atomic mass is 9.76. The summed E-state index contributed by atoms with van der Waals surface area (Å²) < 4.78 is 2.25. The number of nitrogens with zero attached hydrogens (tertiary/aromatic N) is 2. The summed E-state index contributed by atoms with van der Waals surface area (Å²) in [6, 6.07) is 19.7. The van der Waals surface area contributed by atoms with Crippen molar-refractivity contribution < 1.29 is 9.59 Å². The van der Waals surface area contributed by atoms with Crippen LogP contribution in [0, 0.1) is 0 Å². The number of pyridine rings is 1. The van der Waals surface area contributed by atoms with Gasteiger partial charge in [-0.05, 0) is 35.4 Å². The van der Waals surface area contributed by atoms with Gasteiger partial charge in [-0.1, -0.05) is 56.3 Å². The summed E-state index contributed by atoms with van der Waals surface area (Å²) in [5, 5.41) is 3.42. The highest BCUT2D eigenvalue weighted by atomic mass is 32.1. The molecule has 0 saturated carbocycles. The second kappa shape index (κ2) is 6.15. The van der Waals surface area contributed by atoms with Crippen molar-refractivity contribution >= 4 is 50.9 Å². The molecule has 3 aromatic heterocycles. The molecule has 0 spiro atoms. The van der Waals surface area contributed by atoms with E-state index in [1.54, 1.807) is 41.7 Å². The summed E-state index contributed by atoms with van der Waals surface area (Å²) in [4.78, 5) is 31.5. The Morgan fingerprint density at radius 2 is 1.61 bits per heavy atom. The fourth-order valence-electron chi connectivity index (χ4n) is 5.37. The van der Waals surface area contributed by atoms with E-state index in [2.05, 4.69) is 48.7 Å². The number of hydrogen-bond acceptors (Lipinski definition) is 4. The van der Waals surface area contributed by atoms with Crippen LogP contribution in [0.5, 0.6) is 0 Å². The maximum atomic E-state index is 12.9. The molecule has 158 valence electrons. The van der Waals surface area contributed by atoms with Gasteiger partial charge in [-0.2, -0.15) is 0 Å². The van der Waals surface area contributed by atoms with Gasteiger partial charge >= 0.3 is 0 Å². The van der Waals surface area contributed by atoms with Gasteiger partial charge in [0.2, 0.25) is 0 Å². The molecule has 0 unspecified atom stereocenters. The SMILES string of the molecule is CC1(C)c2cc(C=C3C(=O)c4ccccc4C3=O)sc2-n2c3ncccc3c3cccc1c32. The van der Waals surface area contributed by atoms with E-state index in [0.29, 0.717) is 11.1 Å². The number of para-hydroxylation sites is 1. The molecule has 1 aliphatic carbocycles. The van der Waals surface area contributed by atoms with Crippen LogP contribution in [-0.4, -0.2) is 21.1 Å². The highest BCUT2D eigenvalue weighted by molar-refractivity contribution is 7.15. The third-order valence-electron chi connectivity index (χ3n) is 7.02. The topological polar surface area (TPSA) is 52.0 Å². The Hall–Kier alpha value is -3.83. The van der Waals surface area contributed by atoms with E-state index in [4.69, 9.17) is 4.98 Å². The number of allylic oxidation sites excluding steroid dienone is 1. The molecular formula is C28H18N2O2S. The first-order valence-corrected chi connectivity index (χ1v) is 11.7. The average molecular weight is 447 g/mol. The van der Waals surface area contributed by atoms with E-state index in [0.717, 1.165) is 20.9 Å². The van der Waals surface area contributed by atoms with Gasteiger partial charge in [0.25, 0.3) is 0 Å². The van der Waals surface area contributed by atoms with Crippen molar-refractivity contribution in [1.29, 1.82) is 0 Å². The Morgan fingerprint density at radius 1 is 0.879 bits per heavy atom. The predicted molar refractivity (Wildman–Crippen MR) is 132 cm³/mol. The van der Waals surface area contributed by atoms with Crippen LogP contribution in [-0.2, 0) is 5.41 Å². The Labute approximate surface area is 193 Å². The molecule has 33 heavy (non-hydrogen) atoms. The van der Waals surface area contributed by atoms with Gasteiger partial charge < -0.3 is 0 Å². The number of aromatic nitrogens is 2. The van der Waals surface area contributed by atoms with E-state index in [1.807, 2.05) is 12.3 Å². The van der Waals surface area contributed by atoms with Crippen LogP contribution in [0.4, 0.5) is 0 Å². The van der Waals surface area contributed by atoms with Gasteiger partial charge in [0.1, 0.15) is 10.6 Å². The normalized spacial score (nSPS) is 15.9. The monoisotopic (exact) mass is 446 g/mol. The first-order valence-electron chi connectivity index (χ1n) is 10.9. The molecule has 5 heteroatoms. The van der Waals surface area contributed by atoms with Gasteiger partial charge in [0.05, 0.1) is 11.1 Å². The number of carbonyl (C=O) groups excluding carboxylic acids is 2. The number of carbonyl (C=O) groups is 2.